The fourth-order valence-electron chi connectivity index (χ4n) is 2.45. The average molecular weight is 303 g/mol. The standard InChI is InChI=1S/C12H26NO.Al.4FH/c1-11(2)9-13(7-5-6-8-13)10-14-12(3)4;;;;;/h11-12H,5-10H2,1-4H3;;4*1H/q+1;+3;;;;/p-4. The van der Waals surface area contributed by atoms with Gasteiger partial charge in [-0.25, -0.2) is 0 Å². The predicted octanol–water partition coefficient (Wildman–Crippen LogP) is 3.94. The van der Waals surface area contributed by atoms with E-state index in [0.29, 0.717) is 6.10 Å². The summed E-state index contributed by atoms with van der Waals surface area (Å²) in [4.78, 5) is 0. The van der Waals surface area contributed by atoms with Gasteiger partial charge in [-0.05, 0) is 13.8 Å². The highest BCUT2D eigenvalue weighted by Gasteiger charge is 2.41. The number of halogens is 4. The van der Waals surface area contributed by atoms with Gasteiger partial charge < -0.3 is 23.3 Å². The lowest BCUT2D eigenvalue weighted by atomic mass is 10.2. The summed E-state index contributed by atoms with van der Waals surface area (Å²) in [6.07, 6.45) is 3.14. The minimum Gasteiger partial charge on any atom is -0.510 e. The van der Waals surface area contributed by atoms with Crippen LogP contribution in [-0.2, 0) is 4.74 Å². The van der Waals surface area contributed by atoms with Crippen LogP contribution in [0.4, 0.5) is 14.1 Å². The average Bonchev–Trinajstić information content (AvgIpc) is 2.60. The van der Waals surface area contributed by atoms with Crippen molar-refractivity contribution in [3.63, 3.8) is 0 Å². The van der Waals surface area contributed by atoms with E-state index < -0.39 is 14.9 Å². The SMILES string of the molecule is CC(C)C[N+]1(COC(C)C)CCCC1.[F][Al-]([F])([F])[F]. The third kappa shape index (κ3) is 11.7. The van der Waals surface area contributed by atoms with Crippen molar-refractivity contribution in [3.05, 3.63) is 0 Å². The molecular formula is C12H26AlF4NO. The molecule has 1 saturated heterocycles. The van der Waals surface area contributed by atoms with Gasteiger partial charge in [0.1, 0.15) is 0 Å². The van der Waals surface area contributed by atoms with E-state index in [0.717, 1.165) is 12.6 Å². The molecule has 1 heterocycles. The molecule has 0 N–H and O–H groups in total. The van der Waals surface area contributed by atoms with E-state index in [2.05, 4.69) is 27.7 Å². The van der Waals surface area contributed by atoms with E-state index in [9.17, 15) is 14.1 Å². The summed E-state index contributed by atoms with van der Waals surface area (Å²) >= 11 is -6.83. The molecule has 0 aromatic rings. The zero-order valence-corrected chi connectivity index (χ0v) is 13.5. The fraction of sp³-hybridized carbons (Fsp3) is 1.00. The maximum atomic E-state index is 9.85. The van der Waals surface area contributed by atoms with Crippen LogP contribution < -0.4 is 0 Å². The lowest BCUT2D eigenvalue weighted by Gasteiger charge is -2.35. The summed E-state index contributed by atoms with van der Waals surface area (Å²) in [5.74, 6) is 0.781. The molecule has 0 unspecified atom stereocenters. The van der Waals surface area contributed by atoms with E-state index in [1.165, 1.54) is 37.0 Å². The summed E-state index contributed by atoms with van der Waals surface area (Å²) < 4.78 is 46.4. The van der Waals surface area contributed by atoms with E-state index in [4.69, 9.17) is 4.74 Å². The number of nitrogens with zero attached hydrogens (tertiary/aromatic N) is 1. The van der Waals surface area contributed by atoms with Crippen molar-refractivity contribution in [2.24, 2.45) is 5.92 Å². The fourth-order valence-corrected chi connectivity index (χ4v) is 2.45. The first-order chi connectivity index (χ1) is 8.54. The van der Waals surface area contributed by atoms with Gasteiger partial charge in [-0.15, -0.1) is 0 Å². The Morgan fingerprint density at radius 2 is 1.42 bits per heavy atom. The topological polar surface area (TPSA) is 9.23 Å². The van der Waals surface area contributed by atoms with Crippen molar-refractivity contribution < 1.29 is 23.3 Å². The number of ether oxygens (including phenoxy) is 1. The second kappa shape index (κ2) is 8.46. The molecular weight excluding hydrogens is 277 g/mol. The van der Waals surface area contributed by atoms with Gasteiger partial charge in [-0.1, -0.05) is 13.8 Å². The second-order valence-electron chi connectivity index (χ2n) is 5.91. The molecule has 19 heavy (non-hydrogen) atoms. The molecule has 2 nitrogen and oxygen atoms in total. The van der Waals surface area contributed by atoms with Gasteiger partial charge in [0.2, 0.25) is 0 Å². The maximum Gasteiger partial charge on any atom is 1.04 e. The number of hydrogen-bond acceptors (Lipinski definition) is 1. The predicted molar refractivity (Wildman–Crippen MR) is 70.2 cm³/mol. The van der Waals surface area contributed by atoms with Crippen LogP contribution in [0.2, 0.25) is 0 Å². The van der Waals surface area contributed by atoms with Crippen LogP contribution in [0.3, 0.4) is 0 Å². The molecule has 7 heteroatoms. The van der Waals surface area contributed by atoms with Gasteiger partial charge in [0.15, 0.2) is 6.73 Å². The van der Waals surface area contributed by atoms with Gasteiger partial charge in [0.25, 0.3) is 0 Å². The van der Waals surface area contributed by atoms with Crippen LogP contribution in [-0.4, -0.2) is 51.9 Å². The molecule has 0 saturated carbocycles. The Balaban J connectivity index is 0.000000555. The van der Waals surface area contributed by atoms with Crippen LogP contribution in [0.25, 0.3) is 0 Å². The maximum absolute atomic E-state index is 9.85. The molecule has 0 atom stereocenters. The molecule has 0 radical (unpaired) electrons. The van der Waals surface area contributed by atoms with Crippen LogP contribution in [0, 0.1) is 5.92 Å². The Hall–Kier alpha value is 0.172. The monoisotopic (exact) mass is 303 g/mol. The van der Waals surface area contributed by atoms with Gasteiger partial charge >= 0.3 is 14.9 Å². The van der Waals surface area contributed by atoms with Crippen molar-refractivity contribution in [2.75, 3.05) is 26.4 Å². The first-order valence-electron chi connectivity index (χ1n) is 6.88. The summed E-state index contributed by atoms with van der Waals surface area (Å²) in [6, 6.07) is 0. The Bertz CT molecular complexity index is 234. The number of likely N-dealkylation sites (tertiary alicyclic amines) is 1. The number of quaternary nitrogens is 1. The Morgan fingerprint density at radius 3 is 1.74 bits per heavy atom. The minimum atomic E-state index is -6.83. The molecule has 1 aliphatic rings. The van der Waals surface area contributed by atoms with E-state index >= 15 is 0 Å². The molecule has 0 bridgehead atoms. The van der Waals surface area contributed by atoms with Crippen molar-refractivity contribution in [1.82, 2.24) is 0 Å². The van der Waals surface area contributed by atoms with Crippen LogP contribution >= 0.6 is 0 Å². The number of hydrogen-bond donors (Lipinski definition) is 0. The zero-order valence-electron chi connectivity index (χ0n) is 12.3. The van der Waals surface area contributed by atoms with E-state index in [1.807, 2.05) is 0 Å². The third-order valence-electron chi connectivity index (χ3n) is 2.95. The summed E-state index contributed by atoms with van der Waals surface area (Å²) in [5.41, 5.74) is 0. The van der Waals surface area contributed by atoms with Gasteiger partial charge in [0.05, 0.1) is 25.7 Å². The molecule has 116 valence electrons. The van der Waals surface area contributed by atoms with Gasteiger partial charge in [-0.2, -0.15) is 0 Å². The Kier molecular flexibility index (Phi) is 8.53. The second-order valence-corrected chi connectivity index (χ2v) is 6.90. The lowest BCUT2D eigenvalue weighted by molar-refractivity contribution is -0.938. The Morgan fingerprint density at radius 1 is 1.00 bits per heavy atom. The molecule has 0 aromatic carbocycles. The number of rotatable bonds is 5. The molecule has 0 aliphatic carbocycles. The first kappa shape index (κ1) is 19.2. The largest absolute Gasteiger partial charge is 1.04 e. The quantitative estimate of drug-likeness (QED) is 0.425. The minimum absolute atomic E-state index is 0.373. The molecule has 1 fully saturated rings. The summed E-state index contributed by atoms with van der Waals surface area (Å²) in [6.45, 7) is 13.7. The van der Waals surface area contributed by atoms with Crippen LogP contribution in [0.15, 0.2) is 0 Å². The third-order valence-corrected chi connectivity index (χ3v) is 2.95. The van der Waals surface area contributed by atoms with Crippen molar-refractivity contribution in [1.29, 1.82) is 0 Å². The molecule has 0 spiro atoms. The van der Waals surface area contributed by atoms with Crippen molar-refractivity contribution in [2.45, 2.75) is 46.6 Å². The van der Waals surface area contributed by atoms with E-state index in [1.54, 1.807) is 0 Å². The summed E-state index contributed by atoms with van der Waals surface area (Å²) in [5, 5.41) is 0. The molecule has 1 rings (SSSR count). The normalized spacial score (nSPS) is 18.6. The highest BCUT2D eigenvalue weighted by Crippen LogP contribution is 2.22. The highest BCUT2D eigenvalue weighted by molar-refractivity contribution is 6.50. The van der Waals surface area contributed by atoms with Crippen LogP contribution in [0.5, 0.6) is 0 Å². The zero-order chi connectivity index (χ0) is 15.1. The Labute approximate surface area is 117 Å². The molecule has 0 aromatic heterocycles. The van der Waals surface area contributed by atoms with Gasteiger partial charge in [0, 0.05) is 18.8 Å². The van der Waals surface area contributed by atoms with Gasteiger partial charge in [-0.3, -0.25) is 0 Å². The van der Waals surface area contributed by atoms with E-state index in [-0.39, 0.29) is 0 Å². The first-order valence-corrected chi connectivity index (χ1v) is 8.63. The molecule has 0 amide bonds. The lowest BCUT2D eigenvalue weighted by Crippen LogP contribution is -2.49. The molecule has 1 aliphatic heterocycles. The highest BCUT2D eigenvalue weighted by atomic mass is 27.5. The van der Waals surface area contributed by atoms with Crippen LogP contribution in [0.1, 0.15) is 40.5 Å². The smallest absolute Gasteiger partial charge is 0.510 e. The summed E-state index contributed by atoms with van der Waals surface area (Å²) in [7, 11) is 0. The van der Waals surface area contributed by atoms with Crippen molar-refractivity contribution >= 4 is 14.9 Å². The van der Waals surface area contributed by atoms with Crippen molar-refractivity contribution in [3.8, 4) is 0 Å².